The van der Waals surface area contributed by atoms with Crippen LogP contribution in [0.2, 0.25) is 0 Å². The molecule has 2 amide bonds. The molecule has 4 rings (SSSR count). The number of halogens is 2. The highest BCUT2D eigenvalue weighted by molar-refractivity contribution is 6.03. The van der Waals surface area contributed by atoms with Crippen molar-refractivity contribution in [3.05, 3.63) is 102 Å². The third-order valence-corrected chi connectivity index (χ3v) is 6.19. The van der Waals surface area contributed by atoms with Gasteiger partial charge < -0.3 is 19.4 Å². The number of amidine groups is 1. The van der Waals surface area contributed by atoms with E-state index in [9.17, 15) is 18.4 Å². The fourth-order valence-electron chi connectivity index (χ4n) is 4.12. The van der Waals surface area contributed by atoms with Crippen LogP contribution in [0.1, 0.15) is 11.1 Å². The summed E-state index contributed by atoms with van der Waals surface area (Å²) in [7, 11) is 3.25. The summed E-state index contributed by atoms with van der Waals surface area (Å²) in [4.78, 5) is 35.5. The van der Waals surface area contributed by atoms with Crippen LogP contribution in [0.5, 0.6) is 5.75 Å². The van der Waals surface area contributed by atoms with Crippen LogP contribution in [0.4, 0.5) is 14.5 Å². The van der Waals surface area contributed by atoms with Crippen LogP contribution < -0.4 is 9.64 Å². The molecule has 1 fully saturated rings. The Morgan fingerprint density at radius 2 is 1.63 bits per heavy atom. The number of benzene rings is 3. The Kier molecular flexibility index (Phi) is 8.15. The second-order valence-corrected chi connectivity index (χ2v) is 8.81. The van der Waals surface area contributed by atoms with Gasteiger partial charge >= 0.3 is 0 Å². The lowest BCUT2D eigenvalue weighted by atomic mass is 10.1. The van der Waals surface area contributed by atoms with E-state index in [0.29, 0.717) is 47.2 Å². The predicted molar refractivity (Wildman–Crippen MR) is 143 cm³/mol. The van der Waals surface area contributed by atoms with Crippen LogP contribution in [0, 0.1) is 11.6 Å². The van der Waals surface area contributed by atoms with E-state index in [0.717, 1.165) is 0 Å². The smallest absolute Gasteiger partial charge is 0.246 e. The summed E-state index contributed by atoms with van der Waals surface area (Å²) in [5, 5.41) is 0. The van der Waals surface area contributed by atoms with Gasteiger partial charge in [0, 0.05) is 37.5 Å². The van der Waals surface area contributed by atoms with Crippen molar-refractivity contribution in [2.45, 2.75) is 0 Å². The Balaban J connectivity index is 1.49. The molecule has 196 valence electrons. The molecule has 0 spiro atoms. The summed E-state index contributed by atoms with van der Waals surface area (Å²) in [6, 6.07) is 18.7. The number of nitrogens with zero attached hydrogens (tertiary/aromatic N) is 4. The van der Waals surface area contributed by atoms with E-state index < -0.39 is 5.82 Å². The zero-order valence-corrected chi connectivity index (χ0v) is 21.2. The molecule has 0 saturated carbocycles. The van der Waals surface area contributed by atoms with Crippen LogP contribution in [0.15, 0.2) is 84.4 Å². The van der Waals surface area contributed by atoms with E-state index in [4.69, 9.17) is 4.74 Å². The lowest BCUT2D eigenvalue weighted by Crippen LogP contribution is -2.54. The lowest BCUT2D eigenvalue weighted by Gasteiger charge is -2.35. The fourth-order valence-corrected chi connectivity index (χ4v) is 4.12. The van der Waals surface area contributed by atoms with Gasteiger partial charge in [-0.25, -0.2) is 13.8 Å². The van der Waals surface area contributed by atoms with E-state index in [-0.39, 0.29) is 30.7 Å². The van der Waals surface area contributed by atoms with Crippen molar-refractivity contribution in [1.29, 1.82) is 0 Å². The summed E-state index contributed by atoms with van der Waals surface area (Å²) < 4.78 is 32.2. The zero-order valence-electron chi connectivity index (χ0n) is 21.2. The third-order valence-electron chi connectivity index (χ3n) is 6.19. The number of aliphatic imine (C=N–C) groups is 1. The van der Waals surface area contributed by atoms with E-state index in [1.54, 1.807) is 60.4 Å². The minimum absolute atomic E-state index is 0.0603. The minimum Gasteiger partial charge on any atom is -0.497 e. The first-order chi connectivity index (χ1) is 18.2. The Hall–Kier alpha value is -4.53. The van der Waals surface area contributed by atoms with Gasteiger partial charge in [0.05, 0.1) is 19.4 Å². The first kappa shape index (κ1) is 26.5. The number of hydrogen-bond donors (Lipinski definition) is 0. The first-order valence-corrected chi connectivity index (χ1v) is 12.0. The van der Waals surface area contributed by atoms with Crippen molar-refractivity contribution in [3.63, 3.8) is 0 Å². The average Bonchev–Trinajstić information content (AvgIpc) is 2.92. The zero-order chi connectivity index (χ0) is 27.2. The molecular formula is C29H28F2N4O3. The maximum absolute atomic E-state index is 13.6. The van der Waals surface area contributed by atoms with Crippen molar-refractivity contribution in [2.24, 2.45) is 4.99 Å². The van der Waals surface area contributed by atoms with E-state index in [2.05, 4.69) is 11.6 Å². The van der Waals surface area contributed by atoms with Crippen LogP contribution in [-0.4, -0.2) is 67.8 Å². The normalized spacial score (nSPS) is 13.9. The molecule has 1 saturated heterocycles. The molecule has 0 bridgehead atoms. The number of amides is 2. The van der Waals surface area contributed by atoms with Crippen molar-refractivity contribution in [2.75, 3.05) is 45.2 Å². The molecule has 0 atom stereocenters. The second-order valence-electron chi connectivity index (χ2n) is 8.81. The SMILES string of the molecule is C=C(N=C(c1ccc(F)cc1)N(C)CC(=O)N1CCN(c2cccc(OC)c2)C(=O)C1)c1ccc(F)cc1. The van der Waals surface area contributed by atoms with Crippen molar-refractivity contribution in [1.82, 2.24) is 9.80 Å². The third kappa shape index (κ3) is 6.23. The van der Waals surface area contributed by atoms with Crippen LogP contribution >= 0.6 is 0 Å². The number of methoxy groups -OCH3 is 1. The van der Waals surface area contributed by atoms with Crippen LogP contribution in [0.25, 0.3) is 5.70 Å². The molecule has 3 aromatic rings. The van der Waals surface area contributed by atoms with Gasteiger partial charge in [0.2, 0.25) is 11.8 Å². The van der Waals surface area contributed by atoms with Gasteiger partial charge in [0.25, 0.3) is 0 Å². The topological polar surface area (TPSA) is 65.5 Å². The summed E-state index contributed by atoms with van der Waals surface area (Å²) in [5.41, 5.74) is 2.24. The largest absolute Gasteiger partial charge is 0.497 e. The summed E-state index contributed by atoms with van der Waals surface area (Å²) >= 11 is 0. The van der Waals surface area contributed by atoms with Crippen LogP contribution in [-0.2, 0) is 9.59 Å². The van der Waals surface area contributed by atoms with Crippen molar-refractivity contribution < 1.29 is 23.1 Å². The molecule has 0 N–H and O–H groups in total. The standard InChI is InChI=1S/C29H28F2N4O3/c1-20(21-7-11-23(30)12-8-21)32-29(22-9-13-24(31)14-10-22)33(2)18-27(36)34-15-16-35(28(37)19-34)25-5-4-6-26(17-25)38-3/h4-14,17H,1,15-16,18-19H2,2-3H3. The number of carbonyl (C=O) groups is 2. The molecule has 1 aliphatic heterocycles. The molecule has 9 heteroatoms. The summed E-state index contributed by atoms with van der Waals surface area (Å²) in [6.45, 7) is 4.56. The molecule has 1 aliphatic rings. The second kappa shape index (κ2) is 11.7. The monoisotopic (exact) mass is 518 g/mol. The van der Waals surface area contributed by atoms with E-state index >= 15 is 0 Å². The fraction of sp³-hybridized carbons (Fsp3) is 0.207. The number of hydrogen-bond acceptors (Lipinski definition) is 4. The Morgan fingerprint density at radius 1 is 1.00 bits per heavy atom. The summed E-state index contributed by atoms with van der Waals surface area (Å²) in [5.74, 6) is -0.213. The number of rotatable bonds is 7. The average molecular weight is 519 g/mol. The van der Waals surface area contributed by atoms with Gasteiger partial charge in [-0.1, -0.05) is 12.6 Å². The van der Waals surface area contributed by atoms with Crippen LogP contribution in [0.3, 0.4) is 0 Å². The molecule has 7 nitrogen and oxygen atoms in total. The molecule has 0 radical (unpaired) electrons. The highest BCUT2D eigenvalue weighted by Gasteiger charge is 2.29. The lowest BCUT2D eigenvalue weighted by molar-refractivity contribution is -0.136. The minimum atomic E-state index is -0.406. The quantitative estimate of drug-likeness (QED) is 0.348. The number of anilines is 1. The number of piperazine rings is 1. The molecule has 1 heterocycles. The molecule has 0 aliphatic carbocycles. The Bertz CT molecular complexity index is 1360. The first-order valence-electron chi connectivity index (χ1n) is 12.0. The maximum atomic E-state index is 13.6. The summed E-state index contributed by atoms with van der Waals surface area (Å²) in [6.07, 6.45) is 0. The van der Waals surface area contributed by atoms with Crippen molar-refractivity contribution >= 4 is 29.0 Å². The molecule has 38 heavy (non-hydrogen) atoms. The predicted octanol–water partition coefficient (Wildman–Crippen LogP) is 4.20. The van der Waals surface area contributed by atoms with Gasteiger partial charge in [-0.3, -0.25) is 9.59 Å². The van der Waals surface area contributed by atoms with E-state index in [1.165, 1.54) is 29.2 Å². The van der Waals surface area contributed by atoms with E-state index in [1.807, 2.05) is 12.1 Å². The maximum Gasteiger partial charge on any atom is 0.246 e. The van der Waals surface area contributed by atoms with Gasteiger partial charge in [0.15, 0.2) is 0 Å². The number of ether oxygens (including phenoxy) is 1. The molecule has 0 unspecified atom stereocenters. The van der Waals surface area contributed by atoms with Gasteiger partial charge in [-0.05, 0) is 66.2 Å². The molecular weight excluding hydrogens is 490 g/mol. The Labute approximate surface area is 220 Å². The number of likely N-dealkylation sites (N-methyl/N-ethyl adjacent to an activating group) is 1. The van der Waals surface area contributed by atoms with Gasteiger partial charge in [-0.15, -0.1) is 0 Å². The molecule has 3 aromatic carbocycles. The van der Waals surface area contributed by atoms with Crippen molar-refractivity contribution in [3.8, 4) is 5.75 Å². The number of carbonyl (C=O) groups excluding carboxylic acids is 2. The van der Waals surface area contributed by atoms with Gasteiger partial charge in [-0.2, -0.15) is 0 Å². The highest BCUT2D eigenvalue weighted by Crippen LogP contribution is 2.23. The Morgan fingerprint density at radius 3 is 2.24 bits per heavy atom. The van der Waals surface area contributed by atoms with Gasteiger partial charge in [0.1, 0.15) is 29.8 Å². The highest BCUT2D eigenvalue weighted by atomic mass is 19.1. The molecule has 0 aromatic heterocycles.